The molecule has 1 heteroatoms. The summed E-state index contributed by atoms with van der Waals surface area (Å²) in [6.45, 7) is 5.89. The van der Waals surface area contributed by atoms with Crippen LogP contribution in [0.1, 0.15) is 19.8 Å². The van der Waals surface area contributed by atoms with Crippen molar-refractivity contribution >= 4 is 15.9 Å². The second kappa shape index (κ2) is 5.36. The van der Waals surface area contributed by atoms with Crippen LogP contribution < -0.4 is 0 Å². The summed E-state index contributed by atoms with van der Waals surface area (Å²) in [7, 11) is 0. The fraction of sp³-hybridized carbons (Fsp3) is 0.714. The molecule has 0 saturated heterocycles. The van der Waals surface area contributed by atoms with E-state index in [4.69, 9.17) is 0 Å². The van der Waals surface area contributed by atoms with E-state index in [0.29, 0.717) is 5.92 Å². The number of halogens is 1. The Morgan fingerprint density at radius 3 is 2.75 bits per heavy atom. The minimum Gasteiger partial charge on any atom is -0.103 e. The molecule has 0 spiro atoms. The van der Waals surface area contributed by atoms with Gasteiger partial charge in [-0.1, -0.05) is 28.9 Å². The maximum absolute atomic E-state index is 3.70. The first-order valence-corrected chi connectivity index (χ1v) is 4.12. The van der Waals surface area contributed by atoms with Gasteiger partial charge >= 0.3 is 0 Å². The Hall–Kier alpha value is 0.220. The maximum Gasteiger partial charge on any atom is 0.00315 e. The molecular formula is C7H13Br. The van der Waals surface area contributed by atoms with Crippen LogP contribution in [0.3, 0.4) is 0 Å². The van der Waals surface area contributed by atoms with Gasteiger partial charge in [-0.3, -0.25) is 0 Å². The highest BCUT2D eigenvalue weighted by atomic mass is 79.9. The van der Waals surface area contributed by atoms with Gasteiger partial charge in [-0.15, -0.1) is 6.58 Å². The van der Waals surface area contributed by atoms with Gasteiger partial charge in [0.2, 0.25) is 0 Å². The lowest BCUT2D eigenvalue weighted by Crippen LogP contribution is -1.87. The largest absolute Gasteiger partial charge is 0.103 e. The second-order valence-corrected chi connectivity index (χ2v) is 2.84. The predicted octanol–water partition coefficient (Wildman–Crippen LogP) is 2.98. The van der Waals surface area contributed by atoms with Crippen LogP contribution in [0.25, 0.3) is 0 Å². The van der Waals surface area contributed by atoms with Crippen LogP contribution in [-0.2, 0) is 0 Å². The lowest BCUT2D eigenvalue weighted by molar-refractivity contribution is 0.641. The van der Waals surface area contributed by atoms with Gasteiger partial charge in [0.25, 0.3) is 0 Å². The summed E-state index contributed by atoms with van der Waals surface area (Å²) >= 11 is 3.37. The van der Waals surface area contributed by atoms with Crippen molar-refractivity contribution in [2.45, 2.75) is 19.8 Å². The Labute approximate surface area is 60.1 Å². The quantitative estimate of drug-likeness (QED) is 0.457. The van der Waals surface area contributed by atoms with Crippen molar-refractivity contribution in [2.24, 2.45) is 5.92 Å². The fourth-order valence-corrected chi connectivity index (χ4v) is 0.841. The third-order valence-electron chi connectivity index (χ3n) is 1.20. The molecular weight excluding hydrogens is 164 g/mol. The number of rotatable bonds is 4. The molecule has 0 unspecified atom stereocenters. The Bertz CT molecular complexity index is 59.4. The van der Waals surface area contributed by atoms with Crippen LogP contribution in [0, 0.1) is 5.92 Å². The molecule has 0 radical (unpaired) electrons. The summed E-state index contributed by atoms with van der Waals surface area (Å²) in [6, 6.07) is 0. The summed E-state index contributed by atoms with van der Waals surface area (Å²) in [6.07, 6.45) is 4.52. The van der Waals surface area contributed by atoms with Gasteiger partial charge in [0, 0.05) is 5.33 Å². The van der Waals surface area contributed by atoms with Crippen molar-refractivity contribution in [3.8, 4) is 0 Å². The van der Waals surface area contributed by atoms with Gasteiger partial charge in [-0.2, -0.15) is 0 Å². The van der Waals surface area contributed by atoms with Crippen molar-refractivity contribution in [3.63, 3.8) is 0 Å². The highest BCUT2D eigenvalue weighted by molar-refractivity contribution is 9.09. The zero-order valence-corrected chi connectivity index (χ0v) is 6.95. The summed E-state index contributed by atoms with van der Waals surface area (Å²) in [4.78, 5) is 0. The molecule has 0 aliphatic heterocycles. The summed E-state index contributed by atoms with van der Waals surface area (Å²) in [5.41, 5.74) is 0. The smallest absolute Gasteiger partial charge is 0.00315 e. The SMILES string of the molecule is C=C[C@@H](C)CCCBr. The first-order valence-electron chi connectivity index (χ1n) is 2.99. The highest BCUT2D eigenvalue weighted by Crippen LogP contribution is 2.06. The summed E-state index contributed by atoms with van der Waals surface area (Å²) in [5.74, 6) is 0.688. The van der Waals surface area contributed by atoms with E-state index in [2.05, 4.69) is 29.4 Å². The lowest BCUT2D eigenvalue weighted by atomic mass is 10.1. The zero-order valence-electron chi connectivity index (χ0n) is 5.36. The average molecular weight is 177 g/mol. The monoisotopic (exact) mass is 176 g/mol. The van der Waals surface area contributed by atoms with E-state index in [1.165, 1.54) is 12.8 Å². The minimum absolute atomic E-state index is 0.688. The van der Waals surface area contributed by atoms with E-state index >= 15 is 0 Å². The van der Waals surface area contributed by atoms with Crippen molar-refractivity contribution < 1.29 is 0 Å². The molecule has 0 aliphatic carbocycles. The topological polar surface area (TPSA) is 0 Å². The second-order valence-electron chi connectivity index (χ2n) is 2.04. The Morgan fingerprint density at radius 1 is 1.75 bits per heavy atom. The third-order valence-corrected chi connectivity index (χ3v) is 1.76. The first-order chi connectivity index (χ1) is 3.81. The number of hydrogen-bond acceptors (Lipinski definition) is 0. The van der Waals surface area contributed by atoms with Crippen LogP contribution in [0.5, 0.6) is 0 Å². The van der Waals surface area contributed by atoms with Crippen LogP contribution in [0.4, 0.5) is 0 Å². The van der Waals surface area contributed by atoms with E-state index in [-0.39, 0.29) is 0 Å². The van der Waals surface area contributed by atoms with Crippen molar-refractivity contribution in [2.75, 3.05) is 5.33 Å². The van der Waals surface area contributed by atoms with E-state index in [9.17, 15) is 0 Å². The molecule has 0 aromatic heterocycles. The average Bonchev–Trinajstić information content (AvgIpc) is 1.83. The van der Waals surface area contributed by atoms with E-state index in [1.807, 2.05) is 6.08 Å². The Balaban J connectivity index is 2.98. The van der Waals surface area contributed by atoms with E-state index < -0.39 is 0 Å². The molecule has 0 rings (SSSR count). The van der Waals surface area contributed by atoms with Gasteiger partial charge in [-0.05, 0) is 18.8 Å². The standard InChI is InChI=1S/C7H13Br/c1-3-7(2)5-4-6-8/h3,7H,1,4-6H2,2H3/t7-/m1/s1. The molecule has 0 N–H and O–H groups in total. The zero-order chi connectivity index (χ0) is 6.41. The lowest BCUT2D eigenvalue weighted by Gasteiger charge is -2.00. The van der Waals surface area contributed by atoms with Gasteiger partial charge in [0.15, 0.2) is 0 Å². The maximum atomic E-state index is 3.70. The number of alkyl halides is 1. The van der Waals surface area contributed by atoms with Crippen molar-refractivity contribution in [1.29, 1.82) is 0 Å². The molecule has 0 fully saturated rings. The van der Waals surface area contributed by atoms with E-state index in [1.54, 1.807) is 0 Å². The molecule has 0 amide bonds. The molecule has 0 aromatic rings. The van der Waals surface area contributed by atoms with Crippen LogP contribution >= 0.6 is 15.9 Å². The molecule has 0 saturated carbocycles. The molecule has 0 bridgehead atoms. The summed E-state index contributed by atoms with van der Waals surface area (Å²) < 4.78 is 0. The van der Waals surface area contributed by atoms with E-state index in [0.717, 1.165) is 5.33 Å². The van der Waals surface area contributed by atoms with Crippen molar-refractivity contribution in [3.05, 3.63) is 12.7 Å². The minimum atomic E-state index is 0.688. The van der Waals surface area contributed by atoms with Gasteiger partial charge < -0.3 is 0 Å². The highest BCUT2D eigenvalue weighted by Gasteiger charge is 1.92. The third kappa shape index (κ3) is 4.38. The molecule has 0 heterocycles. The number of hydrogen-bond donors (Lipinski definition) is 0. The Kier molecular flexibility index (Phi) is 5.51. The molecule has 1 atom stereocenters. The van der Waals surface area contributed by atoms with Gasteiger partial charge in [0.05, 0.1) is 0 Å². The predicted molar refractivity (Wildman–Crippen MR) is 42.4 cm³/mol. The molecule has 0 aliphatic rings. The normalized spacial score (nSPS) is 13.2. The Morgan fingerprint density at radius 2 is 2.38 bits per heavy atom. The van der Waals surface area contributed by atoms with Crippen LogP contribution in [0.2, 0.25) is 0 Å². The summed E-state index contributed by atoms with van der Waals surface area (Å²) in [5, 5.41) is 1.12. The molecule has 0 aromatic carbocycles. The van der Waals surface area contributed by atoms with Gasteiger partial charge in [-0.25, -0.2) is 0 Å². The molecule has 48 valence electrons. The van der Waals surface area contributed by atoms with Crippen LogP contribution in [0.15, 0.2) is 12.7 Å². The molecule has 0 nitrogen and oxygen atoms in total. The first kappa shape index (κ1) is 8.22. The fourth-order valence-electron chi connectivity index (χ4n) is 0.517. The van der Waals surface area contributed by atoms with Crippen LogP contribution in [-0.4, -0.2) is 5.33 Å². The molecule has 8 heavy (non-hydrogen) atoms. The van der Waals surface area contributed by atoms with Crippen molar-refractivity contribution in [1.82, 2.24) is 0 Å². The number of allylic oxidation sites excluding steroid dienone is 1. The van der Waals surface area contributed by atoms with Gasteiger partial charge in [0.1, 0.15) is 0 Å².